The van der Waals surface area contributed by atoms with E-state index in [-0.39, 0.29) is 5.60 Å². The first-order valence-corrected chi connectivity index (χ1v) is 11.5. The Hall–Kier alpha value is -1.36. The molecule has 2 bridgehead atoms. The standard InChI is InChI=1S/C25H37ClN2O2/c1-17(2)28(18(3)4)14-15-29-27-23-21(16-19-8-10-20(26)11-9-19)22-12-13-25(23,7)30-24(22,5)6/h8-11,16-18,22H,12-15H2,1-7H3/b21-16+,27-23-. The summed E-state index contributed by atoms with van der Waals surface area (Å²) >= 11 is 6.08. The van der Waals surface area contributed by atoms with Crippen molar-refractivity contribution in [2.75, 3.05) is 13.2 Å². The van der Waals surface area contributed by atoms with E-state index in [1.807, 2.05) is 12.1 Å². The lowest BCUT2D eigenvalue weighted by molar-refractivity contribution is -0.165. The quantitative estimate of drug-likeness (QED) is 0.380. The Morgan fingerprint density at radius 3 is 2.37 bits per heavy atom. The van der Waals surface area contributed by atoms with Crippen LogP contribution in [0, 0.1) is 5.92 Å². The Balaban J connectivity index is 1.86. The molecule has 2 heterocycles. The van der Waals surface area contributed by atoms with Crippen molar-refractivity contribution in [1.29, 1.82) is 0 Å². The molecular weight excluding hydrogens is 396 g/mol. The molecule has 5 heteroatoms. The predicted octanol–water partition coefficient (Wildman–Crippen LogP) is 6.19. The minimum absolute atomic E-state index is 0.226. The Bertz CT molecular complexity index is 790. The highest BCUT2D eigenvalue weighted by molar-refractivity contribution is 6.30. The van der Waals surface area contributed by atoms with Gasteiger partial charge < -0.3 is 9.57 Å². The van der Waals surface area contributed by atoms with Crippen molar-refractivity contribution in [3.05, 3.63) is 40.4 Å². The normalized spacial score (nSPS) is 28.3. The molecular formula is C25H37ClN2O2. The summed E-state index contributed by atoms with van der Waals surface area (Å²) in [4.78, 5) is 8.30. The fraction of sp³-hybridized carbons (Fsp3) is 0.640. The highest BCUT2D eigenvalue weighted by Gasteiger charge is 2.55. The van der Waals surface area contributed by atoms with Crippen molar-refractivity contribution < 1.29 is 9.57 Å². The summed E-state index contributed by atoms with van der Waals surface area (Å²) in [5.74, 6) is 0.292. The van der Waals surface area contributed by atoms with Gasteiger partial charge in [0.25, 0.3) is 0 Å². The molecule has 0 radical (unpaired) electrons. The van der Waals surface area contributed by atoms with Gasteiger partial charge in [-0.15, -0.1) is 0 Å². The van der Waals surface area contributed by atoms with E-state index in [2.05, 4.69) is 76.7 Å². The van der Waals surface area contributed by atoms with Gasteiger partial charge in [0.2, 0.25) is 0 Å². The molecule has 0 aromatic heterocycles. The van der Waals surface area contributed by atoms with Crippen LogP contribution < -0.4 is 0 Å². The Morgan fingerprint density at radius 2 is 1.80 bits per heavy atom. The van der Waals surface area contributed by atoms with Gasteiger partial charge >= 0.3 is 0 Å². The van der Waals surface area contributed by atoms with Crippen LogP contribution >= 0.6 is 11.6 Å². The van der Waals surface area contributed by atoms with Crippen LogP contribution in [0.3, 0.4) is 0 Å². The number of rotatable bonds is 7. The van der Waals surface area contributed by atoms with Crippen molar-refractivity contribution in [1.82, 2.24) is 4.90 Å². The summed E-state index contributed by atoms with van der Waals surface area (Å²) < 4.78 is 6.53. The minimum atomic E-state index is -0.424. The fourth-order valence-corrected chi connectivity index (χ4v) is 5.19. The smallest absolute Gasteiger partial charge is 0.129 e. The summed E-state index contributed by atoms with van der Waals surface area (Å²) in [6.45, 7) is 16.8. The highest BCUT2D eigenvalue weighted by atomic mass is 35.5. The molecule has 2 atom stereocenters. The number of nitrogens with zero attached hydrogens (tertiary/aromatic N) is 2. The number of hydrogen-bond acceptors (Lipinski definition) is 4. The SMILES string of the molecule is CC(C)N(CCO/N=C1/C(=C/c2ccc(Cl)cc2)C2CCC1(C)OC2(C)C)C(C)C. The molecule has 1 aliphatic carbocycles. The summed E-state index contributed by atoms with van der Waals surface area (Å²) in [5.41, 5.74) is 2.64. The van der Waals surface area contributed by atoms with Crippen LogP contribution in [0.5, 0.6) is 0 Å². The molecule has 3 fully saturated rings. The van der Waals surface area contributed by atoms with Crippen molar-refractivity contribution in [2.45, 2.75) is 84.6 Å². The molecule has 0 N–H and O–H groups in total. The highest BCUT2D eigenvalue weighted by Crippen LogP contribution is 2.51. The van der Waals surface area contributed by atoms with E-state index in [9.17, 15) is 0 Å². The topological polar surface area (TPSA) is 34.1 Å². The monoisotopic (exact) mass is 432 g/mol. The zero-order valence-corrected chi connectivity index (χ0v) is 20.3. The lowest BCUT2D eigenvalue weighted by Crippen LogP contribution is -2.60. The molecule has 4 nitrogen and oxygen atoms in total. The first-order valence-electron chi connectivity index (χ1n) is 11.2. The minimum Gasteiger partial charge on any atom is -0.394 e. The van der Waals surface area contributed by atoms with E-state index in [0.717, 1.165) is 35.7 Å². The van der Waals surface area contributed by atoms with Crippen LogP contribution in [0.2, 0.25) is 5.02 Å². The molecule has 1 saturated carbocycles. The zero-order chi connectivity index (χ0) is 22.1. The van der Waals surface area contributed by atoms with Gasteiger partial charge in [0, 0.05) is 29.6 Å². The van der Waals surface area contributed by atoms with Gasteiger partial charge in [0.05, 0.1) is 5.60 Å². The molecule has 166 valence electrons. The first-order chi connectivity index (χ1) is 14.0. The van der Waals surface area contributed by atoms with Crippen LogP contribution in [0.1, 0.15) is 66.9 Å². The number of fused-ring (bicyclic) bond motifs is 3. The molecule has 1 aromatic carbocycles. The van der Waals surface area contributed by atoms with Gasteiger partial charge in [0.1, 0.15) is 17.9 Å². The van der Waals surface area contributed by atoms with Crippen LogP contribution in [-0.2, 0) is 9.57 Å². The third-order valence-corrected chi connectivity index (χ3v) is 6.75. The molecule has 1 aromatic rings. The lowest BCUT2D eigenvalue weighted by atomic mass is 9.64. The third-order valence-electron chi connectivity index (χ3n) is 6.50. The van der Waals surface area contributed by atoms with Crippen molar-refractivity contribution >= 4 is 23.4 Å². The lowest BCUT2D eigenvalue weighted by Gasteiger charge is -2.55. The van der Waals surface area contributed by atoms with E-state index >= 15 is 0 Å². The molecule has 0 spiro atoms. The average Bonchev–Trinajstić information content (AvgIpc) is 2.63. The first kappa shape index (κ1) is 23.3. The molecule has 4 rings (SSSR count). The summed E-state index contributed by atoms with van der Waals surface area (Å²) in [5, 5.41) is 5.41. The van der Waals surface area contributed by atoms with Crippen LogP contribution in [-0.4, -0.2) is 47.0 Å². The number of oxime groups is 1. The Kier molecular flexibility index (Phi) is 7.01. The number of halogens is 1. The summed E-state index contributed by atoms with van der Waals surface area (Å²) in [7, 11) is 0. The number of ether oxygens (including phenoxy) is 1. The largest absolute Gasteiger partial charge is 0.394 e. The Morgan fingerprint density at radius 1 is 1.17 bits per heavy atom. The van der Waals surface area contributed by atoms with Gasteiger partial charge in [0.15, 0.2) is 0 Å². The van der Waals surface area contributed by atoms with E-state index < -0.39 is 5.60 Å². The molecule has 2 aliphatic heterocycles. The van der Waals surface area contributed by atoms with E-state index in [1.54, 1.807) is 0 Å². The van der Waals surface area contributed by atoms with Gasteiger partial charge in [-0.25, -0.2) is 0 Å². The van der Waals surface area contributed by atoms with Crippen LogP contribution in [0.4, 0.5) is 0 Å². The number of hydrogen-bond donors (Lipinski definition) is 0. The van der Waals surface area contributed by atoms with Crippen molar-refractivity contribution in [2.24, 2.45) is 11.1 Å². The predicted molar refractivity (Wildman–Crippen MR) is 126 cm³/mol. The Labute approximate surface area is 187 Å². The second kappa shape index (κ2) is 9.02. The average molecular weight is 433 g/mol. The fourth-order valence-electron chi connectivity index (χ4n) is 5.06. The maximum Gasteiger partial charge on any atom is 0.129 e. The molecule has 0 amide bonds. The maximum absolute atomic E-state index is 6.53. The second-order valence-electron chi connectivity index (χ2n) is 9.88. The van der Waals surface area contributed by atoms with E-state index in [4.69, 9.17) is 21.2 Å². The molecule has 3 aliphatic rings. The maximum atomic E-state index is 6.53. The van der Waals surface area contributed by atoms with Crippen molar-refractivity contribution in [3.63, 3.8) is 0 Å². The summed E-state index contributed by atoms with van der Waals surface area (Å²) in [6, 6.07) is 8.92. The van der Waals surface area contributed by atoms with Crippen LogP contribution in [0.25, 0.3) is 6.08 Å². The molecule has 30 heavy (non-hydrogen) atoms. The third kappa shape index (κ3) is 4.92. The van der Waals surface area contributed by atoms with Crippen molar-refractivity contribution in [3.8, 4) is 0 Å². The van der Waals surface area contributed by atoms with Gasteiger partial charge in [-0.1, -0.05) is 28.9 Å². The molecule has 2 saturated heterocycles. The van der Waals surface area contributed by atoms with Gasteiger partial charge in [-0.05, 0) is 90.7 Å². The zero-order valence-electron chi connectivity index (χ0n) is 19.5. The van der Waals surface area contributed by atoms with Crippen LogP contribution in [0.15, 0.2) is 35.0 Å². The molecule has 2 unspecified atom stereocenters. The second-order valence-corrected chi connectivity index (χ2v) is 10.3. The summed E-state index contributed by atoms with van der Waals surface area (Å²) in [6.07, 6.45) is 4.29. The van der Waals surface area contributed by atoms with E-state index in [0.29, 0.717) is 24.6 Å². The van der Waals surface area contributed by atoms with Gasteiger partial charge in [-0.3, -0.25) is 4.90 Å². The van der Waals surface area contributed by atoms with Gasteiger partial charge in [-0.2, -0.15) is 0 Å². The number of benzene rings is 1. The van der Waals surface area contributed by atoms with E-state index in [1.165, 1.54) is 5.57 Å².